The maximum Gasteiger partial charge on any atom is 0.248 e. The number of hydrogen-bond acceptors (Lipinski definition) is 5. The lowest BCUT2D eigenvalue weighted by molar-refractivity contribution is -0.118. The quantitative estimate of drug-likeness (QED) is 0.529. The van der Waals surface area contributed by atoms with Crippen LogP contribution in [0.4, 0.5) is 11.4 Å². The van der Waals surface area contributed by atoms with Gasteiger partial charge in [-0.1, -0.05) is 18.2 Å². The molecule has 34 heavy (non-hydrogen) atoms. The molecule has 1 aromatic heterocycles. The molecule has 2 heterocycles. The number of carbonyl (C=O) groups excluding carboxylic acids is 2. The minimum atomic E-state index is -0.240. The largest absolute Gasteiger partial charge is 0.379 e. The summed E-state index contributed by atoms with van der Waals surface area (Å²) in [6.45, 7) is 7.09. The predicted octanol–water partition coefficient (Wildman–Crippen LogP) is 3.41. The first-order valence-corrected chi connectivity index (χ1v) is 11.3. The predicted molar refractivity (Wildman–Crippen MR) is 133 cm³/mol. The zero-order valence-corrected chi connectivity index (χ0v) is 19.5. The number of nitrogens with one attached hydrogen (secondary N) is 2. The first-order valence-electron chi connectivity index (χ1n) is 11.3. The highest BCUT2D eigenvalue weighted by molar-refractivity contribution is 6.02. The van der Waals surface area contributed by atoms with Gasteiger partial charge in [-0.3, -0.25) is 14.5 Å². The molecule has 0 atom stereocenters. The fraction of sp³-hybridized carbons (Fsp3) is 0.269. The number of benzene rings is 2. The van der Waals surface area contributed by atoms with E-state index < -0.39 is 0 Å². The van der Waals surface area contributed by atoms with Gasteiger partial charge < -0.3 is 15.4 Å². The third-order valence-corrected chi connectivity index (χ3v) is 5.66. The van der Waals surface area contributed by atoms with Gasteiger partial charge >= 0.3 is 0 Å². The summed E-state index contributed by atoms with van der Waals surface area (Å²) < 4.78 is 7.17. The highest BCUT2D eigenvalue weighted by Crippen LogP contribution is 2.19. The van der Waals surface area contributed by atoms with Crippen LogP contribution in [0.3, 0.4) is 0 Å². The SMILES string of the molecule is Cc1nn(-c2ccccc2)c(C)c1/C=C/C(=O)Nc1ccc(NC(=O)CN2CCOCC2)cc1. The molecule has 2 amide bonds. The van der Waals surface area contributed by atoms with Gasteiger partial charge in [-0.05, 0) is 56.3 Å². The average Bonchev–Trinajstić information content (AvgIpc) is 3.13. The van der Waals surface area contributed by atoms with E-state index in [2.05, 4.69) is 20.6 Å². The molecule has 3 aromatic rings. The molecule has 0 radical (unpaired) electrons. The fourth-order valence-electron chi connectivity index (χ4n) is 3.86. The Morgan fingerprint density at radius 1 is 0.971 bits per heavy atom. The molecule has 0 unspecified atom stereocenters. The standard InChI is InChI=1S/C26H29N5O3/c1-19-24(20(2)31(29-19)23-6-4-3-5-7-23)12-13-25(32)27-21-8-10-22(11-9-21)28-26(33)18-30-14-16-34-17-15-30/h3-13H,14-18H2,1-2H3,(H,27,32)(H,28,33)/b13-12+. The van der Waals surface area contributed by atoms with E-state index in [4.69, 9.17) is 4.74 Å². The maximum absolute atomic E-state index is 12.5. The van der Waals surface area contributed by atoms with Crippen molar-refractivity contribution >= 4 is 29.3 Å². The maximum atomic E-state index is 12.5. The Morgan fingerprint density at radius 2 is 1.62 bits per heavy atom. The van der Waals surface area contributed by atoms with E-state index in [1.54, 1.807) is 30.3 Å². The second-order valence-electron chi connectivity index (χ2n) is 8.17. The molecular weight excluding hydrogens is 430 g/mol. The highest BCUT2D eigenvalue weighted by atomic mass is 16.5. The third-order valence-electron chi connectivity index (χ3n) is 5.66. The van der Waals surface area contributed by atoms with E-state index in [0.29, 0.717) is 31.1 Å². The van der Waals surface area contributed by atoms with Crippen LogP contribution in [0.1, 0.15) is 17.0 Å². The van der Waals surface area contributed by atoms with Gasteiger partial charge in [0.1, 0.15) is 0 Å². The molecule has 1 fully saturated rings. The second-order valence-corrected chi connectivity index (χ2v) is 8.17. The van der Waals surface area contributed by atoms with E-state index in [-0.39, 0.29) is 11.8 Å². The average molecular weight is 460 g/mol. The van der Waals surface area contributed by atoms with Crippen LogP contribution in [0, 0.1) is 13.8 Å². The first-order chi connectivity index (χ1) is 16.5. The van der Waals surface area contributed by atoms with Crippen LogP contribution in [0.15, 0.2) is 60.7 Å². The highest BCUT2D eigenvalue weighted by Gasteiger charge is 2.14. The molecule has 0 spiro atoms. The van der Waals surface area contributed by atoms with Crippen LogP contribution in [0.5, 0.6) is 0 Å². The summed E-state index contributed by atoms with van der Waals surface area (Å²) in [5, 5.41) is 10.3. The smallest absolute Gasteiger partial charge is 0.248 e. The van der Waals surface area contributed by atoms with Crippen molar-refractivity contribution in [3.8, 4) is 5.69 Å². The Kier molecular flexibility index (Phi) is 7.51. The van der Waals surface area contributed by atoms with Gasteiger partial charge in [-0.15, -0.1) is 0 Å². The second kappa shape index (κ2) is 10.9. The summed E-state index contributed by atoms with van der Waals surface area (Å²) in [6.07, 6.45) is 3.29. The lowest BCUT2D eigenvalue weighted by atomic mass is 10.2. The van der Waals surface area contributed by atoms with Crippen molar-refractivity contribution in [3.63, 3.8) is 0 Å². The van der Waals surface area contributed by atoms with Gasteiger partial charge in [0.05, 0.1) is 31.1 Å². The van der Waals surface area contributed by atoms with Crippen molar-refractivity contribution in [2.75, 3.05) is 43.5 Å². The number of aryl methyl sites for hydroxylation is 1. The van der Waals surface area contributed by atoms with Crippen LogP contribution >= 0.6 is 0 Å². The van der Waals surface area contributed by atoms with E-state index in [1.807, 2.05) is 48.9 Å². The molecule has 176 valence electrons. The molecule has 0 saturated carbocycles. The molecular formula is C26H29N5O3. The van der Waals surface area contributed by atoms with Crippen LogP contribution in [-0.4, -0.2) is 59.3 Å². The lowest BCUT2D eigenvalue weighted by Gasteiger charge is -2.25. The van der Waals surface area contributed by atoms with E-state index >= 15 is 0 Å². The zero-order valence-electron chi connectivity index (χ0n) is 19.5. The molecule has 2 N–H and O–H groups in total. The molecule has 8 heteroatoms. The molecule has 1 aliphatic heterocycles. The summed E-state index contributed by atoms with van der Waals surface area (Å²) in [5.41, 5.74) is 5.04. The Labute approximate surface area is 199 Å². The van der Waals surface area contributed by atoms with Gasteiger partial charge in [0, 0.05) is 41.8 Å². The van der Waals surface area contributed by atoms with Crippen LogP contribution in [-0.2, 0) is 14.3 Å². The molecule has 2 aromatic carbocycles. The van der Waals surface area contributed by atoms with Gasteiger partial charge in [0.2, 0.25) is 11.8 Å². The summed E-state index contributed by atoms with van der Waals surface area (Å²) in [7, 11) is 0. The molecule has 8 nitrogen and oxygen atoms in total. The van der Waals surface area contributed by atoms with Gasteiger partial charge in [0.25, 0.3) is 0 Å². The van der Waals surface area contributed by atoms with Gasteiger partial charge in [-0.2, -0.15) is 5.10 Å². The van der Waals surface area contributed by atoms with Crippen molar-refractivity contribution in [1.29, 1.82) is 0 Å². The minimum Gasteiger partial charge on any atom is -0.379 e. The van der Waals surface area contributed by atoms with Gasteiger partial charge in [-0.25, -0.2) is 4.68 Å². The van der Waals surface area contributed by atoms with Crippen molar-refractivity contribution in [2.24, 2.45) is 0 Å². The van der Waals surface area contributed by atoms with Crippen molar-refractivity contribution in [2.45, 2.75) is 13.8 Å². The fourth-order valence-corrected chi connectivity index (χ4v) is 3.86. The Balaban J connectivity index is 1.33. The van der Waals surface area contributed by atoms with E-state index in [9.17, 15) is 9.59 Å². The summed E-state index contributed by atoms with van der Waals surface area (Å²) in [4.78, 5) is 26.8. The number of hydrogen-bond donors (Lipinski definition) is 2. The summed E-state index contributed by atoms with van der Waals surface area (Å²) in [6, 6.07) is 17.0. The molecule has 1 aliphatic rings. The molecule has 0 aliphatic carbocycles. The number of nitrogens with zero attached hydrogens (tertiary/aromatic N) is 3. The monoisotopic (exact) mass is 459 g/mol. The summed E-state index contributed by atoms with van der Waals surface area (Å²) >= 11 is 0. The van der Waals surface area contributed by atoms with Crippen molar-refractivity contribution in [3.05, 3.63) is 77.6 Å². The van der Waals surface area contributed by atoms with Crippen LogP contribution < -0.4 is 10.6 Å². The number of amides is 2. The number of anilines is 2. The van der Waals surface area contributed by atoms with Gasteiger partial charge in [0.15, 0.2) is 0 Å². The number of ether oxygens (including phenoxy) is 1. The van der Waals surface area contributed by atoms with Crippen LogP contribution in [0.25, 0.3) is 11.8 Å². The normalized spacial score (nSPS) is 14.3. The minimum absolute atomic E-state index is 0.0663. The molecule has 1 saturated heterocycles. The first kappa shape index (κ1) is 23.4. The topological polar surface area (TPSA) is 88.5 Å². The van der Waals surface area contributed by atoms with Crippen molar-refractivity contribution in [1.82, 2.24) is 14.7 Å². The number of para-hydroxylation sites is 1. The summed E-state index contributed by atoms with van der Waals surface area (Å²) in [5.74, 6) is -0.307. The Bertz CT molecular complexity index is 1160. The van der Waals surface area contributed by atoms with Crippen molar-refractivity contribution < 1.29 is 14.3 Å². The van der Waals surface area contributed by atoms with E-state index in [1.165, 1.54) is 6.08 Å². The van der Waals surface area contributed by atoms with E-state index in [0.717, 1.165) is 35.7 Å². The number of carbonyl (C=O) groups is 2. The third kappa shape index (κ3) is 5.98. The molecule has 4 rings (SSSR count). The van der Waals surface area contributed by atoms with Crippen LogP contribution in [0.2, 0.25) is 0 Å². The lowest BCUT2D eigenvalue weighted by Crippen LogP contribution is -2.41. The number of morpholine rings is 1. The molecule has 0 bridgehead atoms. The Morgan fingerprint density at radius 3 is 2.29 bits per heavy atom. The Hall–Kier alpha value is -3.75. The zero-order chi connectivity index (χ0) is 23.9. The number of rotatable bonds is 7. The number of aromatic nitrogens is 2.